The van der Waals surface area contributed by atoms with Gasteiger partial charge in [-0.3, -0.25) is 62.3 Å². The number of carbonyl (C=O) groups excluding carboxylic acids is 10. The lowest BCUT2D eigenvalue weighted by molar-refractivity contribution is -0.143. The minimum absolute atomic E-state index is 0.0254. The topological polar surface area (TPSA) is 541 Å². The molecule has 83 heavy (non-hydrogen) atoms. The van der Waals surface area contributed by atoms with Gasteiger partial charge in [-0.05, 0) is 74.4 Å². The predicted molar refractivity (Wildman–Crippen MR) is 284 cm³/mol. The van der Waals surface area contributed by atoms with E-state index in [1.54, 1.807) is 13.8 Å². The highest BCUT2D eigenvalue weighted by Crippen LogP contribution is 2.15. The summed E-state index contributed by atoms with van der Waals surface area (Å²) in [5.41, 5.74) is 11.8. The number of aliphatic carboxylic acids is 4. The average Bonchev–Trinajstić information content (AvgIpc) is 3.51. The van der Waals surface area contributed by atoms with Crippen molar-refractivity contribution in [1.29, 1.82) is 0 Å². The minimum Gasteiger partial charge on any atom is -0.508 e. The van der Waals surface area contributed by atoms with Gasteiger partial charge in [-0.2, -0.15) is 0 Å². The predicted octanol–water partition coefficient (Wildman–Crippen LogP) is -5.18. The summed E-state index contributed by atoms with van der Waals surface area (Å²) in [5.74, 6) is -18.3. The molecule has 0 fully saturated rings. The fourth-order valence-electron chi connectivity index (χ4n) is 7.57. The molecule has 10 amide bonds. The maximum atomic E-state index is 13.8. The Morgan fingerprint density at radius 1 is 0.470 bits per heavy atom. The van der Waals surface area contributed by atoms with E-state index in [0.29, 0.717) is 11.1 Å². The zero-order valence-electron chi connectivity index (χ0n) is 45.5. The number of phenols is 2. The van der Waals surface area contributed by atoms with Crippen LogP contribution in [0.15, 0.2) is 48.5 Å². The minimum atomic E-state index is -2.06. The van der Waals surface area contributed by atoms with Gasteiger partial charge in [-0.25, -0.2) is 4.79 Å². The second-order valence-corrected chi connectivity index (χ2v) is 19.5. The monoisotopic (exact) mass is 1170 g/mol. The summed E-state index contributed by atoms with van der Waals surface area (Å²) >= 11 is 0. The van der Waals surface area contributed by atoms with Gasteiger partial charge in [0.05, 0.1) is 31.5 Å². The second kappa shape index (κ2) is 34.0. The number of nitrogens with two attached hydrogens (primary N) is 2. The van der Waals surface area contributed by atoms with E-state index < -0.39 is 182 Å². The summed E-state index contributed by atoms with van der Waals surface area (Å²) in [6, 6.07) is -4.86. The van der Waals surface area contributed by atoms with Crippen LogP contribution in [-0.4, -0.2) is 186 Å². The second-order valence-electron chi connectivity index (χ2n) is 19.5. The lowest BCUT2D eigenvalue weighted by Crippen LogP contribution is -2.60. The summed E-state index contributed by atoms with van der Waals surface area (Å²) in [5, 5.41) is 88.0. The van der Waals surface area contributed by atoms with E-state index in [4.69, 9.17) is 11.5 Å². The summed E-state index contributed by atoms with van der Waals surface area (Å²) in [7, 11) is 0. The first kappa shape index (κ1) is 69.6. The number of aliphatic hydroxyl groups is 1. The number of benzene rings is 2. The van der Waals surface area contributed by atoms with Crippen molar-refractivity contribution in [1.82, 2.24) is 47.9 Å². The van der Waals surface area contributed by atoms with E-state index in [1.807, 2.05) is 5.32 Å². The molecule has 0 heterocycles. The molecule has 10 atom stereocenters. The number of phenolic OH excluding ortho intramolecular Hbond substituents is 2. The van der Waals surface area contributed by atoms with Crippen LogP contribution in [0.5, 0.6) is 11.5 Å². The van der Waals surface area contributed by atoms with Crippen LogP contribution in [0.25, 0.3) is 0 Å². The molecule has 0 aliphatic rings. The fourth-order valence-corrected chi connectivity index (χ4v) is 7.57. The van der Waals surface area contributed by atoms with E-state index in [9.17, 15) is 103 Å². The number of carboxylic acid groups (broad SMARTS) is 4. The number of nitrogens with one attached hydrogen (secondary N) is 9. The number of aromatic hydroxyl groups is 2. The van der Waals surface area contributed by atoms with Gasteiger partial charge < -0.3 is 95.1 Å². The Hall–Kier alpha value is -9.46. The molecule has 0 aliphatic carbocycles. The first-order valence-corrected chi connectivity index (χ1v) is 25.6. The molecule has 2 aromatic rings. The molecular weight excluding hydrogens is 1100 g/mol. The van der Waals surface area contributed by atoms with Crippen LogP contribution >= 0.6 is 0 Å². The first-order valence-electron chi connectivity index (χ1n) is 25.6. The highest BCUT2D eigenvalue weighted by molar-refractivity contribution is 5.99. The molecular formula is C51H71N11O21. The average molecular weight is 1170 g/mol. The highest BCUT2D eigenvalue weighted by atomic mass is 16.4. The number of carboxylic acids is 4. The molecule has 2 aromatic carbocycles. The van der Waals surface area contributed by atoms with Gasteiger partial charge in [-0.1, -0.05) is 38.1 Å². The maximum absolute atomic E-state index is 13.8. The van der Waals surface area contributed by atoms with Gasteiger partial charge in [0.25, 0.3) is 0 Å². The third kappa shape index (κ3) is 26.1. The SMILES string of the molecule is CC(C)C[C@H](N)C(=O)N[C@@H](CCC(N)=O)C(=O)N[C@H](C(=O)NCC(=O)N[C@@H](CC(=O)O)C(=O)N[C@@H](CCC(=O)O)C(=O)N[C@@H](C)C(=O)N[C@@H](CC(=O)O)C(=O)N[C@@H](Cc1ccc(O)cc1)C(=O)N[C@@H](Cc1ccc(O)cc1)C(=O)O)[C@@H](C)O. The van der Waals surface area contributed by atoms with Crippen LogP contribution in [0.2, 0.25) is 0 Å². The number of hydrogen-bond acceptors (Lipinski definition) is 18. The van der Waals surface area contributed by atoms with Crippen molar-refractivity contribution in [3.05, 3.63) is 59.7 Å². The number of hydrogen-bond donors (Lipinski definition) is 18. The summed E-state index contributed by atoms with van der Waals surface area (Å²) in [6.07, 6.45) is -6.80. The first-order chi connectivity index (χ1) is 38.8. The Balaban J connectivity index is 2.27. The molecule has 0 saturated heterocycles. The Labute approximate surface area is 473 Å². The Morgan fingerprint density at radius 3 is 1.34 bits per heavy atom. The number of aliphatic hydroxyl groups excluding tert-OH is 1. The van der Waals surface area contributed by atoms with E-state index >= 15 is 0 Å². The molecule has 0 aromatic heterocycles. The van der Waals surface area contributed by atoms with Crippen molar-refractivity contribution in [2.24, 2.45) is 17.4 Å². The molecule has 0 radical (unpaired) electrons. The van der Waals surface area contributed by atoms with Crippen LogP contribution in [-0.2, 0) is 80.0 Å². The van der Waals surface area contributed by atoms with Crippen LogP contribution in [0.1, 0.15) is 83.8 Å². The number of rotatable bonds is 36. The Morgan fingerprint density at radius 2 is 0.880 bits per heavy atom. The van der Waals surface area contributed by atoms with Gasteiger partial charge in [0, 0.05) is 25.7 Å². The lowest BCUT2D eigenvalue weighted by atomic mass is 10.0. The molecule has 0 spiro atoms. The third-order valence-electron chi connectivity index (χ3n) is 11.9. The number of carbonyl (C=O) groups is 14. The van der Waals surface area contributed by atoms with Crippen molar-refractivity contribution in [2.75, 3.05) is 6.54 Å². The van der Waals surface area contributed by atoms with Crippen LogP contribution in [0, 0.1) is 5.92 Å². The van der Waals surface area contributed by atoms with Crippen molar-refractivity contribution >= 4 is 82.9 Å². The summed E-state index contributed by atoms with van der Waals surface area (Å²) < 4.78 is 0. The maximum Gasteiger partial charge on any atom is 0.326 e. The lowest BCUT2D eigenvalue weighted by Gasteiger charge is -2.26. The van der Waals surface area contributed by atoms with Crippen LogP contribution < -0.4 is 59.3 Å². The molecule has 0 unspecified atom stereocenters. The van der Waals surface area contributed by atoms with E-state index in [0.717, 1.165) is 13.8 Å². The summed E-state index contributed by atoms with van der Waals surface area (Å²) in [6.45, 7) is 4.60. The number of primary amides is 1. The zero-order valence-corrected chi connectivity index (χ0v) is 45.5. The molecule has 20 N–H and O–H groups in total. The van der Waals surface area contributed by atoms with Gasteiger partial charge >= 0.3 is 23.9 Å². The van der Waals surface area contributed by atoms with Crippen LogP contribution in [0.3, 0.4) is 0 Å². The van der Waals surface area contributed by atoms with Gasteiger partial charge in [0.1, 0.15) is 59.8 Å². The molecule has 0 aliphatic heterocycles. The van der Waals surface area contributed by atoms with E-state index in [-0.39, 0.29) is 43.1 Å². The normalized spacial score (nSPS) is 14.5. The largest absolute Gasteiger partial charge is 0.508 e. The van der Waals surface area contributed by atoms with E-state index in [1.165, 1.54) is 48.5 Å². The quantitative estimate of drug-likeness (QED) is 0.0303. The van der Waals surface area contributed by atoms with Crippen LogP contribution in [0.4, 0.5) is 0 Å². The summed E-state index contributed by atoms with van der Waals surface area (Å²) in [4.78, 5) is 180. The van der Waals surface area contributed by atoms with Gasteiger partial charge in [0.2, 0.25) is 59.1 Å². The third-order valence-corrected chi connectivity index (χ3v) is 11.9. The Kier molecular flexibility index (Phi) is 28.5. The Bertz CT molecular complexity index is 2670. The number of amides is 10. The van der Waals surface area contributed by atoms with Crippen molar-refractivity contribution in [3.8, 4) is 11.5 Å². The smallest absolute Gasteiger partial charge is 0.326 e. The van der Waals surface area contributed by atoms with E-state index in [2.05, 4.69) is 42.5 Å². The van der Waals surface area contributed by atoms with Crippen molar-refractivity contribution < 1.29 is 103 Å². The highest BCUT2D eigenvalue weighted by Gasteiger charge is 2.36. The molecule has 32 nitrogen and oxygen atoms in total. The molecule has 32 heteroatoms. The van der Waals surface area contributed by atoms with Crippen molar-refractivity contribution in [2.45, 2.75) is 146 Å². The molecule has 0 bridgehead atoms. The van der Waals surface area contributed by atoms with Gasteiger partial charge in [-0.15, -0.1) is 0 Å². The van der Waals surface area contributed by atoms with Gasteiger partial charge in [0.15, 0.2) is 0 Å². The molecule has 456 valence electrons. The van der Waals surface area contributed by atoms with Crippen molar-refractivity contribution in [3.63, 3.8) is 0 Å². The molecule has 0 saturated carbocycles. The standard InChI is InChI=1S/C51H71N11O21/c1-23(2)17-30(52)44(75)57-31(13-15-37(53)66)46(77)62-42(25(4)63)50(81)54-22-38(67)56-34(20-40(70)71)48(79)58-32(14-16-39(68)69)45(76)55-24(3)43(74)59-35(21-41(72)73)49(80)60-33(18-26-5-9-28(64)10-6-26)47(78)61-36(51(82)83)19-27-7-11-29(65)12-8-27/h5-12,23-25,30-36,42,63-65H,13-22,52H2,1-4H3,(H2,53,66)(H,54,81)(H,55,76)(H,56,67)(H,57,75)(H,58,79)(H,59,74)(H,60,80)(H,61,78)(H,62,77)(H,68,69)(H,70,71)(H,72,73)(H,82,83)/t24-,25+,30-,31-,32-,33-,34-,35-,36-,42-/m0/s1. The zero-order chi connectivity index (χ0) is 62.8. The molecule has 2 rings (SSSR count). The fraction of sp³-hybridized carbons (Fsp3) is 0.490.